The van der Waals surface area contributed by atoms with Crippen molar-refractivity contribution in [2.24, 2.45) is 5.92 Å². The van der Waals surface area contributed by atoms with Gasteiger partial charge in [-0.2, -0.15) is 0 Å². The van der Waals surface area contributed by atoms with Crippen molar-refractivity contribution in [1.29, 1.82) is 0 Å². The van der Waals surface area contributed by atoms with Crippen molar-refractivity contribution >= 4 is 11.9 Å². The van der Waals surface area contributed by atoms with E-state index in [2.05, 4.69) is 24.5 Å². The molecule has 0 aromatic heterocycles. The third-order valence-electron chi connectivity index (χ3n) is 2.92. The van der Waals surface area contributed by atoms with E-state index in [1.165, 1.54) is 6.42 Å². The molecule has 1 amide bonds. The van der Waals surface area contributed by atoms with Crippen LogP contribution in [0.5, 0.6) is 0 Å². The molecule has 0 aromatic rings. The van der Waals surface area contributed by atoms with Crippen LogP contribution in [0.25, 0.3) is 0 Å². The fourth-order valence-electron chi connectivity index (χ4n) is 1.86. The number of ether oxygens (including phenoxy) is 1. The topological polar surface area (TPSA) is 67.4 Å². The molecule has 5 heteroatoms. The zero-order chi connectivity index (χ0) is 15.4. The van der Waals surface area contributed by atoms with Crippen LogP contribution in [0.2, 0.25) is 0 Å². The summed E-state index contributed by atoms with van der Waals surface area (Å²) in [6.07, 6.45) is 3.63. The zero-order valence-electron chi connectivity index (χ0n) is 13.3. The highest BCUT2D eigenvalue weighted by Crippen LogP contribution is 2.07. The maximum Gasteiger partial charge on any atom is 0.307 e. The predicted octanol–water partition coefficient (Wildman–Crippen LogP) is 1.86. The van der Waals surface area contributed by atoms with E-state index in [1.54, 1.807) is 6.92 Å². The zero-order valence-corrected chi connectivity index (χ0v) is 13.3. The number of rotatable bonds is 11. The van der Waals surface area contributed by atoms with Crippen LogP contribution in [0.1, 0.15) is 53.4 Å². The summed E-state index contributed by atoms with van der Waals surface area (Å²) in [5.74, 6) is 0.454. The molecule has 0 aliphatic carbocycles. The molecule has 0 saturated heterocycles. The lowest BCUT2D eigenvalue weighted by Crippen LogP contribution is -2.39. The van der Waals surface area contributed by atoms with Gasteiger partial charge in [-0.1, -0.05) is 26.7 Å². The summed E-state index contributed by atoms with van der Waals surface area (Å²) in [7, 11) is 0. The molecule has 0 aliphatic heterocycles. The molecule has 20 heavy (non-hydrogen) atoms. The largest absolute Gasteiger partial charge is 0.466 e. The molecule has 0 aromatic carbocycles. The number of carbonyl (C=O) groups is 2. The third-order valence-corrected chi connectivity index (χ3v) is 2.92. The highest BCUT2D eigenvalue weighted by molar-refractivity contribution is 5.78. The SMILES string of the molecule is CCOC(=O)CCNCC(=O)NC(C)CCCC(C)C. The van der Waals surface area contributed by atoms with Gasteiger partial charge in [0.05, 0.1) is 19.6 Å². The molecule has 0 radical (unpaired) electrons. The number of hydrogen-bond donors (Lipinski definition) is 2. The molecule has 0 heterocycles. The molecule has 118 valence electrons. The van der Waals surface area contributed by atoms with Crippen molar-refractivity contribution in [3.05, 3.63) is 0 Å². The monoisotopic (exact) mass is 286 g/mol. The number of amides is 1. The van der Waals surface area contributed by atoms with Gasteiger partial charge in [-0.05, 0) is 26.2 Å². The molecule has 1 atom stereocenters. The Morgan fingerprint density at radius 3 is 2.45 bits per heavy atom. The fourth-order valence-corrected chi connectivity index (χ4v) is 1.86. The van der Waals surface area contributed by atoms with E-state index in [4.69, 9.17) is 4.74 Å². The van der Waals surface area contributed by atoms with E-state index >= 15 is 0 Å². The van der Waals surface area contributed by atoms with Crippen molar-refractivity contribution in [3.8, 4) is 0 Å². The van der Waals surface area contributed by atoms with Gasteiger partial charge in [0.1, 0.15) is 0 Å². The maximum atomic E-state index is 11.6. The summed E-state index contributed by atoms with van der Waals surface area (Å²) in [4.78, 5) is 22.7. The van der Waals surface area contributed by atoms with Gasteiger partial charge in [-0.15, -0.1) is 0 Å². The number of hydrogen-bond acceptors (Lipinski definition) is 4. The van der Waals surface area contributed by atoms with Gasteiger partial charge in [0.2, 0.25) is 5.91 Å². The second kappa shape index (κ2) is 11.7. The summed E-state index contributed by atoms with van der Waals surface area (Å²) in [5, 5.41) is 5.89. The smallest absolute Gasteiger partial charge is 0.307 e. The van der Waals surface area contributed by atoms with E-state index in [1.807, 2.05) is 6.92 Å². The second-order valence-electron chi connectivity index (χ2n) is 5.53. The Morgan fingerprint density at radius 1 is 1.15 bits per heavy atom. The van der Waals surface area contributed by atoms with Gasteiger partial charge in [0.15, 0.2) is 0 Å². The van der Waals surface area contributed by atoms with Crippen LogP contribution in [0.15, 0.2) is 0 Å². The van der Waals surface area contributed by atoms with Gasteiger partial charge in [0.25, 0.3) is 0 Å². The normalized spacial score (nSPS) is 12.2. The van der Waals surface area contributed by atoms with E-state index in [-0.39, 0.29) is 24.5 Å². The predicted molar refractivity (Wildman–Crippen MR) is 80.4 cm³/mol. The summed E-state index contributed by atoms with van der Waals surface area (Å²) >= 11 is 0. The average molecular weight is 286 g/mol. The summed E-state index contributed by atoms with van der Waals surface area (Å²) < 4.78 is 4.80. The van der Waals surface area contributed by atoms with Crippen LogP contribution >= 0.6 is 0 Å². The molecular weight excluding hydrogens is 256 g/mol. The molecule has 0 aliphatic rings. The summed E-state index contributed by atoms with van der Waals surface area (Å²) in [6, 6.07) is 0.202. The first-order valence-corrected chi connectivity index (χ1v) is 7.61. The molecule has 1 unspecified atom stereocenters. The lowest BCUT2D eigenvalue weighted by Gasteiger charge is -2.14. The van der Waals surface area contributed by atoms with Crippen LogP contribution in [0.4, 0.5) is 0 Å². The van der Waals surface area contributed by atoms with Crippen molar-refractivity contribution < 1.29 is 14.3 Å². The minimum Gasteiger partial charge on any atom is -0.466 e. The van der Waals surface area contributed by atoms with E-state index < -0.39 is 0 Å². The van der Waals surface area contributed by atoms with Crippen molar-refractivity contribution in [2.45, 2.75) is 59.4 Å². The number of nitrogens with one attached hydrogen (secondary N) is 2. The highest BCUT2D eigenvalue weighted by atomic mass is 16.5. The minimum absolute atomic E-state index is 0.0223. The van der Waals surface area contributed by atoms with E-state index in [0.717, 1.165) is 12.8 Å². The van der Waals surface area contributed by atoms with Crippen molar-refractivity contribution in [2.75, 3.05) is 19.7 Å². The summed E-state index contributed by atoms with van der Waals surface area (Å²) in [5.41, 5.74) is 0. The van der Waals surface area contributed by atoms with Crippen LogP contribution in [0.3, 0.4) is 0 Å². The third kappa shape index (κ3) is 12.0. The molecule has 5 nitrogen and oxygen atoms in total. The Hall–Kier alpha value is -1.10. The molecular formula is C15H30N2O3. The molecule has 0 bridgehead atoms. The van der Waals surface area contributed by atoms with Gasteiger partial charge < -0.3 is 15.4 Å². The highest BCUT2D eigenvalue weighted by Gasteiger charge is 2.08. The lowest BCUT2D eigenvalue weighted by molar-refractivity contribution is -0.143. The van der Waals surface area contributed by atoms with Gasteiger partial charge in [-0.3, -0.25) is 9.59 Å². The van der Waals surface area contributed by atoms with E-state index in [0.29, 0.717) is 25.5 Å². The average Bonchev–Trinajstić information content (AvgIpc) is 2.34. The Morgan fingerprint density at radius 2 is 1.85 bits per heavy atom. The minimum atomic E-state index is -0.234. The summed E-state index contributed by atoms with van der Waals surface area (Å²) in [6.45, 7) is 9.32. The molecule has 0 saturated carbocycles. The van der Waals surface area contributed by atoms with Crippen LogP contribution in [-0.2, 0) is 14.3 Å². The van der Waals surface area contributed by atoms with Crippen molar-refractivity contribution in [1.82, 2.24) is 10.6 Å². The first kappa shape index (κ1) is 18.9. The molecule has 0 spiro atoms. The first-order chi connectivity index (χ1) is 9.45. The van der Waals surface area contributed by atoms with Gasteiger partial charge >= 0.3 is 5.97 Å². The van der Waals surface area contributed by atoms with Gasteiger partial charge in [-0.25, -0.2) is 0 Å². The maximum absolute atomic E-state index is 11.6. The Labute approximate surface area is 122 Å². The molecule has 0 rings (SSSR count). The molecule has 0 fully saturated rings. The Kier molecular flexibility index (Phi) is 11.1. The van der Waals surface area contributed by atoms with Crippen LogP contribution in [-0.4, -0.2) is 37.6 Å². The molecule has 2 N–H and O–H groups in total. The van der Waals surface area contributed by atoms with Gasteiger partial charge in [0, 0.05) is 12.6 Å². The Bertz CT molecular complexity index is 280. The van der Waals surface area contributed by atoms with Crippen LogP contribution in [0, 0.1) is 5.92 Å². The van der Waals surface area contributed by atoms with E-state index in [9.17, 15) is 9.59 Å². The second-order valence-corrected chi connectivity index (χ2v) is 5.53. The number of carbonyl (C=O) groups excluding carboxylic acids is 2. The Balaban J connectivity index is 3.55. The lowest BCUT2D eigenvalue weighted by atomic mass is 10.0. The number of esters is 1. The standard InChI is InChI=1S/C15H30N2O3/c1-5-20-15(19)9-10-16-11-14(18)17-13(4)8-6-7-12(2)3/h12-13,16H,5-11H2,1-4H3,(H,17,18). The first-order valence-electron chi connectivity index (χ1n) is 7.61. The quantitative estimate of drug-likeness (QED) is 0.449. The van der Waals surface area contributed by atoms with Crippen LogP contribution < -0.4 is 10.6 Å². The fraction of sp³-hybridized carbons (Fsp3) is 0.867. The van der Waals surface area contributed by atoms with Crippen molar-refractivity contribution in [3.63, 3.8) is 0 Å².